The van der Waals surface area contributed by atoms with Crippen molar-refractivity contribution >= 4 is 39.2 Å². The van der Waals surface area contributed by atoms with Crippen LogP contribution in [0.3, 0.4) is 0 Å². The maximum atomic E-state index is 6.72. The van der Waals surface area contributed by atoms with Crippen LogP contribution < -0.4 is 9.13 Å². The van der Waals surface area contributed by atoms with E-state index in [0.717, 1.165) is 35.6 Å². The van der Waals surface area contributed by atoms with E-state index < -0.39 is 13.3 Å². The van der Waals surface area contributed by atoms with Gasteiger partial charge in [-0.3, -0.25) is 0 Å². The molecule has 0 atom stereocenters. The van der Waals surface area contributed by atoms with Gasteiger partial charge in [-0.05, 0) is 0 Å². The van der Waals surface area contributed by atoms with E-state index in [1.54, 1.807) is 0 Å². The van der Waals surface area contributed by atoms with Gasteiger partial charge in [-0.25, -0.2) is 0 Å². The number of aromatic nitrogens is 1. The second-order valence-corrected chi connectivity index (χ2v) is 20.0. The molecule has 3 aromatic carbocycles. The number of hydrogen-bond donors (Lipinski definition) is 0. The first-order chi connectivity index (χ1) is 14.4. The van der Waals surface area contributed by atoms with Gasteiger partial charge < -0.3 is 0 Å². The van der Waals surface area contributed by atoms with E-state index >= 15 is 0 Å². The number of pyridine rings is 1. The molecule has 1 aromatic heterocycles. The van der Waals surface area contributed by atoms with Crippen LogP contribution in [0.2, 0.25) is 17.3 Å². The second-order valence-electron chi connectivity index (χ2n) is 9.45. The molecule has 0 unspecified atom stereocenters. The van der Waals surface area contributed by atoms with Gasteiger partial charge in [0, 0.05) is 0 Å². The molecule has 3 heteroatoms. The zero-order valence-corrected chi connectivity index (χ0v) is 20.6. The van der Waals surface area contributed by atoms with Gasteiger partial charge in [-0.15, -0.1) is 0 Å². The Labute approximate surface area is 181 Å². The molecule has 2 heterocycles. The number of nitrogens with zero attached hydrogens (tertiary/aromatic N) is 1. The molecule has 0 aliphatic carbocycles. The van der Waals surface area contributed by atoms with E-state index in [9.17, 15) is 0 Å². The predicted octanol–water partition coefficient (Wildman–Crippen LogP) is 7.61. The molecule has 0 radical (unpaired) electrons. The van der Waals surface area contributed by atoms with Crippen molar-refractivity contribution in [3.05, 3.63) is 60.3 Å². The Bertz CT molecular complexity index is 1280. The summed E-state index contributed by atoms with van der Waals surface area (Å²) in [7, 11) is 0. The van der Waals surface area contributed by atoms with Gasteiger partial charge in [0.05, 0.1) is 0 Å². The third-order valence-electron chi connectivity index (χ3n) is 6.60. The van der Waals surface area contributed by atoms with Gasteiger partial charge in [0.15, 0.2) is 0 Å². The zero-order chi connectivity index (χ0) is 21.0. The van der Waals surface area contributed by atoms with Crippen LogP contribution in [0.15, 0.2) is 54.7 Å². The number of benzene rings is 3. The summed E-state index contributed by atoms with van der Waals surface area (Å²) in [5, 5.41) is 5.09. The molecular formula is C27H29GeNO. The molecule has 1 aliphatic rings. The van der Waals surface area contributed by atoms with E-state index in [4.69, 9.17) is 9.72 Å². The number of ether oxygens (including phenoxy) is 1. The van der Waals surface area contributed by atoms with Crippen molar-refractivity contribution in [3.63, 3.8) is 0 Å². The predicted molar refractivity (Wildman–Crippen MR) is 131 cm³/mol. The first kappa shape index (κ1) is 19.6. The van der Waals surface area contributed by atoms with Crippen molar-refractivity contribution < 1.29 is 4.74 Å². The zero-order valence-electron chi connectivity index (χ0n) is 18.5. The average molecular weight is 456 g/mol. The molecule has 4 aromatic rings. The van der Waals surface area contributed by atoms with Gasteiger partial charge in [0.1, 0.15) is 0 Å². The van der Waals surface area contributed by atoms with E-state index in [0.29, 0.717) is 5.92 Å². The normalized spacial score (nSPS) is 13.0. The standard InChI is InChI=1S/C27H29GeNO/c1-6-17(7-2)24-19-11-9-8-10-18(19)16-21-26-25-20(14-15-29-26)22(28(3,4)5)12-13-23(25)30-27(21)24/h8-17H,6-7H2,1-5H3. The van der Waals surface area contributed by atoms with Crippen LogP contribution in [0, 0.1) is 0 Å². The minimum absolute atomic E-state index is 0.467. The number of hydrogen-bond acceptors (Lipinski definition) is 2. The van der Waals surface area contributed by atoms with Gasteiger partial charge in [0.25, 0.3) is 0 Å². The van der Waals surface area contributed by atoms with Gasteiger partial charge in [-0.2, -0.15) is 0 Å². The van der Waals surface area contributed by atoms with Crippen LogP contribution in [-0.4, -0.2) is 18.3 Å². The number of rotatable bonds is 4. The first-order valence-electron chi connectivity index (χ1n) is 11.1. The molecule has 0 fully saturated rings. The van der Waals surface area contributed by atoms with E-state index in [1.807, 2.05) is 6.20 Å². The molecule has 0 saturated carbocycles. The molecule has 2 nitrogen and oxygen atoms in total. The van der Waals surface area contributed by atoms with Crippen LogP contribution in [0.5, 0.6) is 11.5 Å². The summed E-state index contributed by atoms with van der Waals surface area (Å²) in [6.07, 6.45) is 4.18. The Hall–Kier alpha value is -2.33. The fourth-order valence-corrected chi connectivity index (χ4v) is 8.42. The van der Waals surface area contributed by atoms with Crippen molar-refractivity contribution in [2.45, 2.75) is 49.9 Å². The Morgan fingerprint density at radius 1 is 0.933 bits per heavy atom. The molecule has 0 bridgehead atoms. The molecule has 1 aliphatic heterocycles. The van der Waals surface area contributed by atoms with Crippen LogP contribution in [-0.2, 0) is 0 Å². The fraction of sp³-hybridized carbons (Fsp3) is 0.296. The molecule has 0 saturated heterocycles. The molecule has 0 spiro atoms. The summed E-state index contributed by atoms with van der Waals surface area (Å²) in [6.45, 7) is 4.56. The summed E-state index contributed by atoms with van der Waals surface area (Å²) in [5.41, 5.74) is 3.57. The third kappa shape index (κ3) is 2.88. The van der Waals surface area contributed by atoms with Crippen molar-refractivity contribution in [1.82, 2.24) is 4.98 Å². The fourth-order valence-electron chi connectivity index (χ4n) is 5.07. The quantitative estimate of drug-likeness (QED) is 0.260. The van der Waals surface area contributed by atoms with Crippen molar-refractivity contribution in [1.29, 1.82) is 0 Å². The van der Waals surface area contributed by atoms with Gasteiger partial charge in [0.2, 0.25) is 0 Å². The van der Waals surface area contributed by atoms with Crippen molar-refractivity contribution in [2.75, 3.05) is 0 Å². The average Bonchev–Trinajstić information content (AvgIpc) is 2.74. The Morgan fingerprint density at radius 2 is 1.70 bits per heavy atom. The second kappa shape index (κ2) is 7.12. The van der Waals surface area contributed by atoms with Crippen molar-refractivity contribution in [3.8, 4) is 22.8 Å². The Kier molecular flexibility index (Phi) is 4.66. The summed E-state index contributed by atoms with van der Waals surface area (Å²) in [6, 6.07) is 17.7. The summed E-state index contributed by atoms with van der Waals surface area (Å²) >= 11 is -2.03. The van der Waals surface area contributed by atoms with Crippen molar-refractivity contribution in [2.24, 2.45) is 0 Å². The summed E-state index contributed by atoms with van der Waals surface area (Å²) < 4.78 is 8.24. The van der Waals surface area contributed by atoms with Gasteiger partial charge in [-0.1, -0.05) is 0 Å². The minimum atomic E-state index is -2.03. The summed E-state index contributed by atoms with van der Waals surface area (Å²) in [4.78, 5) is 4.90. The third-order valence-corrected chi connectivity index (χ3v) is 10.9. The van der Waals surface area contributed by atoms with Crippen LogP contribution in [0.1, 0.15) is 38.2 Å². The van der Waals surface area contributed by atoms with Crippen LogP contribution >= 0.6 is 0 Å². The molecule has 152 valence electrons. The summed E-state index contributed by atoms with van der Waals surface area (Å²) in [5.74, 6) is 9.79. The molecule has 5 rings (SSSR count). The van der Waals surface area contributed by atoms with Gasteiger partial charge >= 0.3 is 182 Å². The molecule has 0 amide bonds. The maximum absolute atomic E-state index is 6.72. The van der Waals surface area contributed by atoms with E-state index in [1.165, 1.54) is 31.5 Å². The topological polar surface area (TPSA) is 22.1 Å². The van der Waals surface area contributed by atoms with Crippen LogP contribution in [0.25, 0.3) is 32.8 Å². The van der Waals surface area contributed by atoms with Crippen LogP contribution in [0.4, 0.5) is 0 Å². The molecule has 30 heavy (non-hydrogen) atoms. The Morgan fingerprint density at radius 3 is 2.43 bits per heavy atom. The SMILES string of the molecule is CCC(CC)c1c2c(cc3ccccc13)-c1nccc3[c]([Ge]([CH3])([CH3])[CH3])ccc(c13)O2. The Balaban J connectivity index is 1.90. The first-order valence-corrected chi connectivity index (χ1v) is 18.4. The molecule has 0 N–H and O–H groups in total. The molecular weight excluding hydrogens is 427 g/mol. The van der Waals surface area contributed by atoms with E-state index in [2.05, 4.69) is 79.6 Å². The van der Waals surface area contributed by atoms with E-state index in [-0.39, 0.29) is 0 Å². The monoisotopic (exact) mass is 457 g/mol. The number of fused-ring (bicyclic) bond motifs is 3.